The molecular weight excluding hydrogens is 272 g/mol. The first kappa shape index (κ1) is 14.1. The van der Waals surface area contributed by atoms with E-state index >= 15 is 0 Å². The van der Waals surface area contributed by atoms with Gasteiger partial charge < -0.3 is 5.11 Å². The Morgan fingerprint density at radius 2 is 1.50 bits per heavy atom. The fourth-order valence-corrected chi connectivity index (χ4v) is 6.85. The maximum absolute atomic E-state index is 12.2. The van der Waals surface area contributed by atoms with Crippen LogP contribution in [0.25, 0.3) is 0 Å². The quantitative estimate of drug-likeness (QED) is 0.866. The summed E-state index contributed by atoms with van der Waals surface area (Å²) in [6, 6.07) is 4.15. The first-order chi connectivity index (χ1) is 9.24. The van der Waals surface area contributed by atoms with Gasteiger partial charge >= 0.3 is 0 Å². The van der Waals surface area contributed by atoms with Crippen molar-refractivity contribution in [3.8, 4) is 0 Å². The summed E-state index contributed by atoms with van der Waals surface area (Å²) in [6.45, 7) is 6.07. The summed E-state index contributed by atoms with van der Waals surface area (Å²) >= 11 is 0. The number of hydrogen-bond donors (Lipinski definition) is 1. The molecule has 0 amide bonds. The molecule has 2 atom stereocenters. The van der Waals surface area contributed by atoms with Gasteiger partial charge in [-0.15, -0.1) is 0 Å². The molecule has 1 aromatic carbocycles. The van der Waals surface area contributed by atoms with E-state index in [0.717, 1.165) is 16.7 Å². The van der Waals surface area contributed by atoms with Gasteiger partial charge in [0.15, 0.2) is 9.84 Å². The number of fused-ring (bicyclic) bond motifs is 2. The molecule has 2 saturated heterocycles. The molecule has 3 nitrogen and oxygen atoms in total. The molecule has 2 aliphatic heterocycles. The van der Waals surface area contributed by atoms with Crippen molar-refractivity contribution in [3.05, 3.63) is 34.4 Å². The van der Waals surface area contributed by atoms with Crippen molar-refractivity contribution >= 4 is 9.84 Å². The van der Waals surface area contributed by atoms with E-state index in [0.29, 0.717) is 25.7 Å². The highest BCUT2D eigenvalue weighted by atomic mass is 32.2. The largest absolute Gasteiger partial charge is 0.385 e. The van der Waals surface area contributed by atoms with E-state index in [9.17, 15) is 13.5 Å². The van der Waals surface area contributed by atoms with Crippen molar-refractivity contribution in [1.82, 2.24) is 0 Å². The van der Waals surface area contributed by atoms with E-state index in [2.05, 4.69) is 12.1 Å². The van der Waals surface area contributed by atoms with Crippen molar-refractivity contribution in [1.29, 1.82) is 0 Å². The molecule has 2 aliphatic rings. The Morgan fingerprint density at radius 1 is 1.05 bits per heavy atom. The smallest absolute Gasteiger partial charge is 0.156 e. The number of benzene rings is 1. The Hall–Kier alpha value is -0.870. The number of aliphatic hydroxyl groups is 1. The standard InChI is InChI=1S/C16H22O3S/c1-10-6-11(2)15(12(3)7-10)16(17)8-13-4-5-14(9-16)20(13,18)19/h6-7,13-14,17H,4-5,8-9H2,1-3H3. The maximum Gasteiger partial charge on any atom is 0.156 e. The minimum Gasteiger partial charge on any atom is -0.385 e. The molecule has 2 heterocycles. The summed E-state index contributed by atoms with van der Waals surface area (Å²) in [4.78, 5) is 0. The van der Waals surface area contributed by atoms with Crippen molar-refractivity contribution < 1.29 is 13.5 Å². The highest BCUT2D eigenvalue weighted by molar-refractivity contribution is 7.93. The third-order valence-electron chi connectivity index (χ3n) is 5.01. The molecule has 0 spiro atoms. The van der Waals surface area contributed by atoms with Crippen LogP contribution in [0.2, 0.25) is 0 Å². The van der Waals surface area contributed by atoms with E-state index in [1.54, 1.807) is 0 Å². The molecule has 4 heteroatoms. The molecule has 2 bridgehead atoms. The van der Waals surface area contributed by atoms with Crippen LogP contribution in [0.1, 0.15) is 47.9 Å². The van der Waals surface area contributed by atoms with Crippen LogP contribution in [0.3, 0.4) is 0 Å². The summed E-state index contributed by atoms with van der Waals surface area (Å²) in [7, 11) is -3.00. The lowest BCUT2D eigenvalue weighted by Crippen LogP contribution is -2.43. The molecule has 0 radical (unpaired) electrons. The summed E-state index contributed by atoms with van der Waals surface area (Å²) in [5, 5.41) is 10.4. The summed E-state index contributed by atoms with van der Waals surface area (Å²) in [5.41, 5.74) is 3.31. The Morgan fingerprint density at radius 3 is 1.95 bits per heavy atom. The van der Waals surface area contributed by atoms with Gasteiger partial charge in [-0.3, -0.25) is 0 Å². The van der Waals surface area contributed by atoms with Crippen LogP contribution in [0, 0.1) is 20.8 Å². The van der Waals surface area contributed by atoms with Gasteiger partial charge in [0.1, 0.15) is 0 Å². The lowest BCUT2D eigenvalue weighted by atomic mass is 9.80. The van der Waals surface area contributed by atoms with Gasteiger partial charge in [-0.2, -0.15) is 0 Å². The van der Waals surface area contributed by atoms with Gasteiger partial charge in [0, 0.05) is 0 Å². The third kappa shape index (κ3) is 1.92. The fourth-order valence-electron chi connectivity index (χ4n) is 4.36. The molecule has 0 aliphatic carbocycles. The molecular formula is C16H22O3S. The first-order valence-corrected chi connectivity index (χ1v) is 8.88. The van der Waals surface area contributed by atoms with Gasteiger partial charge in [-0.1, -0.05) is 17.7 Å². The lowest BCUT2D eigenvalue weighted by molar-refractivity contribution is 0.0161. The zero-order valence-corrected chi connectivity index (χ0v) is 13.1. The van der Waals surface area contributed by atoms with Gasteiger partial charge in [-0.05, 0) is 63.1 Å². The molecule has 110 valence electrons. The van der Waals surface area contributed by atoms with Crippen LogP contribution >= 0.6 is 0 Å². The molecule has 0 saturated carbocycles. The Kier molecular flexibility index (Phi) is 3.04. The Bertz CT molecular complexity index is 617. The lowest BCUT2D eigenvalue weighted by Gasteiger charge is -2.38. The third-order valence-corrected chi connectivity index (χ3v) is 7.68. The van der Waals surface area contributed by atoms with E-state index in [1.807, 2.05) is 20.8 Å². The van der Waals surface area contributed by atoms with Crippen molar-refractivity contribution in [3.63, 3.8) is 0 Å². The Labute approximate surface area is 120 Å². The Balaban J connectivity index is 2.08. The highest BCUT2D eigenvalue weighted by Gasteiger charge is 2.53. The fraction of sp³-hybridized carbons (Fsp3) is 0.625. The van der Waals surface area contributed by atoms with Crippen LogP contribution in [0.5, 0.6) is 0 Å². The van der Waals surface area contributed by atoms with Gasteiger partial charge in [0.2, 0.25) is 0 Å². The van der Waals surface area contributed by atoms with Crippen LogP contribution in [0.15, 0.2) is 12.1 Å². The van der Waals surface area contributed by atoms with Gasteiger partial charge in [-0.25, -0.2) is 8.42 Å². The van der Waals surface area contributed by atoms with Crippen molar-refractivity contribution in [2.45, 2.75) is 62.6 Å². The molecule has 2 unspecified atom stereocenters. The number of aryl methyl sites for hydroxylation is 3. The monoisotopic (exact) mass is 294 g/mol. The molecule has 3 rings (SSSR count). The van der Waals surface area contributed by atoms with E-state index < -0.39 is 15.4 Å². The maximum atomic E-state index is 12.2. The van der Waals surface area contributed by atoms with Crippen LogP contribution < -0.4 is 0 Å². The second-order valence-corrected chi connectivity index (χ2v) is 9.14. The minimum atomic E-state index is -3.00. The summed E-state index contributed by atoms with van der Waals surface area (Å²) in [5.74, 6) is 0. The number of hydrogen-bond acceptors (Lipinski definition) is 3. The first-order valence-electron chi connectivity index (χ1n) is 7.27. The van der Waals surface area contributed by atoms with Crippen molar-refractivity contribution in [2.24, 2.45) is 0 Å². The van der Waals surface area contributed by atoms with E-state index in [-0.39, 0.29) is 10.5 Å². The van der Waals surface area contributed by atoms with E-state index in [4.69, 9.17) is 0 Å². The van der Waals surface area contributed by atoms with Gasteiger partial charge in [0.05, 0.1) is 16.1 Å². The van der Waals surface area contributed by atoms with Crippen LogP contribution in [-0.2, 0) is 15.4 Å². The SMILES string of the molecule is Cc1cc(C)c(C2(O)CC3CCC(C2)S3(=O)=O)c(C)c1. The average Bonchev–Trinajstić information content (AvgIpc) is 2.47. The molecule has 1 N–H and O–H groups in total. The van der Waals surface area contributed by atoms with Crippen molar-refractivity contribution in [2.75, 3.05) is 0 Å². The van der Waals surface area contributed by atoms with Crippen LogP contribution in [-0.4, -0.2) is 24.0 Å². The second kappa shape index (κ2) is 4.31. The van der Waals surface area contributed by atoms with E-state index in [1.165, 1.54) is 5.56 Å². The zero-order chi connectivity index (χ0) is 14.7. The second-order valence-electron chi connectivity index (χ2n) is 6.62. The number of rotatable bonds is 1. The molecule has 1 aromatic rings. The number of sulfone groups is 1. The predicted molar refractivity (Wildman–Crippen MR) is 79.5 cm³/mol. The normalized spacial score (nSPS) is 35.2. The predicted octanol–water partition coefficient (Wildman–Crippen LogP) is 2.54. The summed E-state index contributed by atoms with van der Waals surface area (Å²) < 4.78 is 24.4. The van der Waals surface area contributed by atoms with Crippen LogP contribution in [0.4, 0.5) is 0 Å². The zero-order valence-electron chi connectivity index (χ0n) is 12.3. The molecule has 0 aromatic heterocycles. The summed E-state index contributed by atoms with van der Waals surface area (Å²) in [6.07, 6.45) is 2.13. The minimum absolute atomic E-state index is 0.355. The van der Waals surface area contributed by atoms with Gasteiger partial charge in [0.25, 0.3) is 0 Å². The topological polar surface area (TPSA) is 54.4 Å². The molecule has 2 fully saturated rings. The average molecular weight is 294 g/mol. The highest BCUT2D eigenvalue weighted by Crippen LogP contribution is 2.49. The molecule has 20 heavy (non-hydrogen) atoms.